The molecule has 1 saturated heterocycles. The second kappa shape index (κ2) is 6.40. The van der Waals surface area contributed by atoms with Crippen LogP contribution in [0.4, 0.5) is 0 Å². The Balaban J connectivity index is 1.94. The van der Waals surface area contributed by atoms with Gasteiger partial charge in [-0.2, -0.15) is 5.26 Å². The average Bonchev–Trinajstić information content (AvgIpc) is 2.48. The van der Waals surface area contributed by atoms with Crippen LogP contribution in [0.3, 0.4) is 0 Å². The molecule has 1 aliphatic rings. The van der Waals surface area contributed by atoms with Crippen LogP contribution in [-0.4, -0.2) is 47.8 Å². The maximum Gasteiger partial charge on any atom is 0.253 e. The van der Waals surface area contributed by atoms with Crippen molar-refractivity contribution in [3.8, 4) is 6.07 Å². The van der Waals surface area contributed by atoms with Gasteiger partial charge in [-0.1, -0.05) is 11.6 Å². The Morgan fingerprint density at radius 2 is 1.65 bits per heavy atom. The predicted molar refractivity (Wildman–Crippen MR) is 74.2 cm³/mol. The van der Waals surface area contributed by atoms with E-state index in [9.17, 15) is 9.59 Å². The molecule has 0 unspecified atom stereocenters. The number of hydrogen-bond donors (Lipinski definition) is 0. The highest BCUT2D eigenvalue weighted by Crippen LogP contribution is 2.13. The molecule has 0 atom stereocenters. The normalized spacial score (nSPS) is 14.8. The van der Waals surface area contributed by atoms with Crippen molar-refractivity contribution >= 4 is 23.4 Å². The first kappa shape index (κ1) is 14.4. The zero-order valence-corrected chi connectivity index (χ0v) is 11.6. The van der Waals surface area contributed by atoms with E-state index in [2.05, 4.69) is 0 Å². The lowest BCUT2D eigenvalue weighted by Crippen LogP contribution is -2.50. The van der Waals surface area contributed by atoms with E-state index in [1.165, 1.54) is 0 Å². The summed E-state index contributed by atoms with van der Waals surface area (Å²) in [5.74, 6) is -0.236. The monoisotopic (exact) mass is 291 g/mol. The second-order valence-corrected chi connectivity index (χ2v) is 4.95. The molecule has 1 aliphatic heterocycles. The first-order valence-electron chi connectivity index (χ1n) is 6.31. The van der Waals surface area contributed by atoms with E-state index in [1.54, 1.807) is 34.1 Å². The third kappa shape index (κ3) is 3.28. The second-order valence-electron chi connectivity index (χ2n) is 4.51. The van der Waals surface area contributed by atoms with Crippen LogP contribution < -0.4 is 0 Å². The quantitative estimate of drug-likeness (QED) is 0.830. The van der Waals surface area contributed by atoms with Crippen molar-refractivity contribution in [1.82, 2.24) is 9.80 Å². The van der Waals surface area contributed by atoms with Crippen LogP contribution in [0.2, 0.25) is 5.02 Å². The van der Waals surface area contributed by atoms with Gasteiger partial charge in [-0.15, -0.1) is 0 Å². The van der Waals surface area contributed by atoms with Gasteiger partial charge in [-0.05, 0) is 24.3 Å². The summed E-state index contributed by atoms with van der Waals surface area (Å²) in [6, 6.07) is 8.59. The van der Waals surface area contributed by atoms with Gasteiger partial charge in [-0.25, -0.2) is 0 Å². The number of carbonyl (C=O) groups is 2. The van der Waals surface area contributed by atoms with Crippen LogP contribution in [0.15, 0.2) is 24.3 Å². The molecule has 104 valence electrons. The number of amides is 2. The summed E-state index contributed by atoms with van der Waals surface area (Å²) in [5, 5.41) is 9.10. The molecule has 2 amide bonds. The standard InChI is InChI=1S/C14H14ClN3O2/c15-12-3-1-11(2-4-12)14(20)18-9-7-17(8-10-18)13(19)5-6-16/h1-4H,5,7-10H2. The van der Waals surface area contributed by atoms with Crippen LogP contribution in [-0.2, 0) is 4.79 Å². The predicted octanol–water partition coefficient (Wildman–Crippen LogP) is 1.54. The van der Waals surface area contributed by atoms with Gasteiger partial charge in [-0.3, -0.25) is 9.59 Å². The van der Waals surface area contributed by atoms with Crippen LogP contribution in [0.25, 0.3) is 0 Å². The SMILES string of the molecule is N#CCC(=O)N1CCN(C(=O)c2ccc(Cl)cc2)CC1. The van der Waals surface area contributed by atoms with Gasteiger partial charge in [0, 0.05) is 36.8 Å². The Hall–Kier alpha value is -2.06. The summed E-state index contributed by atoms with van der Waals surface area (Å²) in [4.78, 5) is 27.1. The molecule has 0 bridgehead atoms. The van der Waals surface area contributed by atoms with Crippen molar-refractivity contribution in [2.75, 3.05) is 26.2 Å². The summed E-state index contributed by atoms with van der Waals surface area (Å²) < 4.78 is 0. The van der Waals surface area contributed by atoms with Crippen molar-refractivity contribution in [2.45, 2.75) is 6.42 Å². The number of carbonyl (C=O) groups excluding carboxylic acids is 2. The van der Waals surface area contributed by atoms with Gasteiger partial charge in [0.25, 0.3) is 5.91 Å². The van der Waals surface area contributed by atoms with E-state index in [4.69, 9.17) is 16.9 Å². The Morgan fingerprint density at radius 3 is 2.20 bits per heavy atom. The van der Waals surface area contributed by atoms with Crippen molar-refractivity contribution in [1.29, 1.82) is 5.26 Å². The number of nitriles is 1. The highest BCUT2D eigenvalue weighted by atomic mass is 35.5. The van der Waals surface area contributed by atoms with Gasteiger partial charge < -0.3 is 9.80 Å². The third-order valence-electron chi connectivity index (χ3n) is 3.24. The molecule has 1 fully saturated rings. The summed E-state index contributed by atoms with van der Waals surface area (Å²) in [6.45, 7) is 1.91. The molecule has 1 aromatic rings. The molecule has 0 spiro atoms. The smallest absolute Gasteiger partial charge is 0.253 e. The zero-order chi connectivity index (χ0) is 14.5. The molecule has 5 nitrogen and oxygen atoms in total. The Labute approximate surface area is 122 Å². The Kier molecular flexibility index (Phi) is 4.59. The fraction of sp³-hybridized carbons (Fsp3) is 0.357. The number of hydrogen-bond acceptors (Lipinski definition) is 3. The molecule has 0 aromatic heterocycles. The average molecular weight is 292 g/mol. The summed E-state index contributed by atoms with van der Waals surface area (Å²) >= 11 is 5.79. The van der Waals surface area contributed by atoms with E-state index in [-0.39, 0.29) is 18.2 Å². The topological polar surface area (TPSA) is 64.4 Å². The lowest BCUT2D eigenvalue weighted by molar-refractivity contribution is -0.131. The summed E-state index contributed by atoms with van der Waals surface area (Å²) in [7, 11) is 0. The number of nitrogens with zero attached hydrogens (tertiary/aromatic N) is 3. The maximum atomic E-state index is 12.2. The zero-order valence-electron chi connectivity index (χ0n) is 10.9. The van der Waals surface area contributed by atoms with Gasteiger partial charge in [0.2, 0.25) is 5.91 Å². The molecule has 0 N–H and O–H groups in total. The lowest BCUT2D eigenvalue weighted by Gasteiger charge is -2.34. The minimum atomic E-state index is -0.175. The number of piperazine rings is 1. The molecule has 20 heavy (non-hydrogen) atoms. The van der Waals surface area contributed by atoms with E-state index in [1.807, 2.05) is 6.07 Å². The third-order valence-corrected chi connectivity index (χ3v) is 3.49. The largest absolute Gasteiger partial charge is 0.338 e. The van der Waals surface area contributed by atoms with E-state index in [0.717, 1.165) is 0 Å². The number of rotatable bonds is 2. The van der Waals surface area contributed by atoms with Crippen molar-refractivity contribution in [2.24, 2.45) is 0 Å². The highest BCUT2D eigenvalue weighted by molar-refractivity contribution is 6.30. The van der Waals surface area contributed by atoms with Crippen LogP contribution >= 0.6 is 11.6 Å². The van der Waals surface area contributed by atoms with E-state index < -0.39 is 0 Å². The number of halogens is 1. The minimum absolute atomic E-state index is 0.0611. The first-order chi connectivity index (χ1) is 9.61. The highest BCUT2D eigenvalue weighted by Gasteiger charge is 2.24. The van der Waals surface area contributed by atoms with Crippen molar-refractivity contribution in [3.63, 3.8) is 0 Å². The van der Waals surface area contributed by atoms with Gasteiger partial charge >= 0.3 is 0 Å². The first-order valence-corrected chi connectivity index (χ1v) is 6.69. The summed E-state index contributed by atoms with van der Waals surface area (Å²) in [5.41, 5.74) is 0.589. The van der Waals surface area contributed by atoms with Gasteiger partial charge in [0.15, 0.2) is 0 Å². The van der Waals surface area contributed by atoms with E-state index in [0.29, 0.717) is 36.8 Å². The molecular weight excluding hydrogens is 278 g/mol. The fourth-order valence-electron chi connectivity index (χ4n) is 2.11. The van der Waals surface area contributed by atoms with Crippen molar-refractivity contribution < 1.29 is 9.59 Å². The van der Waals surface area contributed by atoms with Crippen LogP contribution in [0, 0.1) is 11.3 Å². The Morgan fingerprint density at radius 1 is 1.10 bits per heavy atom. The number of benzene rings is 1. The van der Waals surface area contributed by atoms with Gasteiger partial charge in [0.05, 0.1) is 6.07 Å². The maximum absolute atomic E-state index is 12.2. The fourth-order valence-corrected chi connectivity index (χ4v) is 2.24. The molecule has 0 radical (unpaired) electrons. The van der Waals surface area contributed by atoms with E-state index >= 15 is 0 Å². The molecule has 0 aliphatic carbocycles. The molecule has 2 rings (SSSR count). The molecule has 1 aromatic carbocycles. The molecule has 0 saturated carbocycles. The molecule has 1 heterocycles. The van der Waals surface area contributed by atoms with Crippen molar-refractivity contribution in [3.05, 3.63) is 34.9 Å². The van der Waals surface area contributed by atoms with Crippen LogP contribution in [0.5, 0.6) is 0 Å². The summed E-state index contributed by atoms with van der Waals surface area (Å²) in [6.07, 6.45) is -0.106. The molecular formula is C14H14ClN3O2. The van der Waals surface area contributed by atoms with Crippen LogP contribution in [0.1, 0.15) is 16.8 Å². The Bertz CT molecular complexity index is 543. The molecule has 6 heteroatoms. The van der Waals surface area contributed by atoms with Gasteiger partial charge in [0.1, 0.15) is 6.42 Å². The minimum Gasteiger partial charge on any atom is -0.338 e. The lowest BCUT2D eigenvalue weighted by atomic mass is 10.2.